The van der Waals surface area contributed by atoms with Gasteiger partial charge < -0.3 is 19.5 Å². The van der Waals surface area contributed by atoms with Gasteiger partial charge in [0.2, 0.25) is 5.89 Å². The molecular formula is C21H28N4O2S. The van der Waals surface area contributed by atoms with Crippen LogP contribution < -0.4 is 10.6 Å². The molecule has 0 saturated carbocycles. The topological polar surface area (TPSA) is 75.6 Å². The first-order valence-corrected chi connectivity index (χ1v) is 10.4. The van der Waals surface area contributed by atoms with E-state index in [0.717, 1.165) is 43.4 Å². The van der Waals surface area contributed by atoms with Crippen molar-refractivity contribution in [1.82, 2.24) is 15.6 Å². The molecule has 0 amide bonds. The average Bonchev–Trinajstić information content (AvgIpc) is 3.40. The Morgan fingerprint density at radius 1 is 1.14 bits per heavy atom. The fourth-order valence-electron chi connectivity index (χ4n) is 2.57. The van der Waals surface area contributed by atoms with Crippen LogP contribution in [-0.4, -0.2) is 24.0 Å². The zero-order valence-electron chi connectivity index (χ0n) is 16.7. The van der Waals surface area contributed by atoms with Crippen LogP contribution in [0.1, 0.15) is 43.1 Å². The number of rotatable bonds is 8. The molecule has 3 rings (SSSR count). The highest BCUT2D eigenvalue weighted by molar-refractivity contribution is 7.09. The minimum atomic E-state index is -0.0575. The van der Waals surface area contributed by atoms with Crippen LogP contribution in [0.15, 0.2) is 55.9 Å². The number of nitrogens with zero attached hydrogens (tertiary/aromatic N) is 2. The summed E-state index contributed by atoms with van der Waals surface area (Å²) >= 11 is 1.77. The molecule has 0 fully saturated rings. The number of hydrogen-bond donors (Lipinski definition) is 2. The summed E-state index contributed by atoms with van der Waals surface area (Å²) in [6.45, 7) is 8.26. The van der Waals surface area contributed by atoms with Gasteiger partial charge in [0.15, 0.2) is 5.96 Å². The number of aromatic nitrogens is 1. The van der Waals surface area contributed by atoms with Crippen LogP contribution in [0.4, 0.5) is 0 Å². The Hall–Kier alpha value is -2.54. The fraction of sp³-hybridized carbons (Fsp3) is 0.429. The lowest BCUT2D eigenvalue weighted by atomic mass is 9.94. The summed E-state index contributed by atoms with van der Waals surface area (Å²) in [5, 5.41) is 8.85. The monoisotopic (exact) mass is 400 g/mol. The average molecular weight is 401 g/mol. The molecular weight excluding hydrogens is 372 g/mol. The molecule has 3 aromatic heterocycles. The predicted octanol–water partition coefficient (Wildman–Crippen LogP) is 4.15. The maximum absolute atomic E-state index is 5.84. The molecule has 150 valence electrons. The zero-order valence-corrected chi connectivity index (χ0v) is 17.5. The molecule has 3 heterocycles. The molecule has 0 unspecified atom stereocenters. The van der Waals surface area contributed by atoms with Crippen molar-refractivity contribution in [3.8, 4) is 0 Å². The van der Waals surface area contributed by atoms with Gasteiger partial charge in [-0.3, -0.25) is 0 Å². The Bertz CT molecular complexity index is 803. The van der Waals surface area contributed by atoms with Crippen molar-refractivity contribution in [3.05, 3.63) is 64.4 Å². The van der Waals surface area contributed by atoms with E-state index in [1.165, 1.54) is 4.88 Å². The highest BCUT2D eigenvalue weighted by Gasteiger charge is 2.19. The molecule has 0 aliphatic carbocycles. The number of guanidine groups is 1. The maximum Gasteiger partial charge on any atom is 0.216 e. The standard InChI is InChI=1S/C21H28N4O2S/c1-21(2,3)18-14-24-19(27-18)15-25-20(22-10-8-16-6-4-12-26-16)23-11-9-17-7-5-13-28-17/h4-7,12-14H,8-11,15H2,1-3H3,(H2,22,23,25). The Morgan fingerprint density at radius 2 is 1.96 bits per heavy atom. The number of hydrogen-bond acceptors (Lipinski definition) is 5. The third-order valence-corrected chi connectivity index (χ3v) is 5.09. The van der Waals surface area contributed by atoms with Crippen molar-refractivity contribution >= 4 is 17.3 Å². The lowest BCUT2D eigenvalue weighted by Gasteiger charge is -2.13. The third-order valence-electron chi connectivity index (χ3n) is 4.15. The first-order chi connectivity index (χ1) is 13.5. The summed E-state index contributed by atoms with van der Waals surface area (Å²) in [5.74, 6) is 3.19. The normalized spacial score (nSPS) is 12.3. The largest absolute Gasteiger partial charge is 0.469 e. The molecule has 7 heteroatoms. The van der Waals surface area contributed by atoms with Gasteiger partial charge in [-0.2, -0.15) is 0 Å². The number of aliphatic imine (C=N–C) groups is 1. The minimum absolute atomic E-state index is 0.0575. The van der Waals surface area contributed by atoms with Crippen LogP contribution in [-0.2, 0) is 24.8 Å². The second-order valence-corrected chi connectivity index (χ2v) is 8.58. The summed E-state index contributed by atoms with van der Waals surface area (Å²) in [5.41, 5.74) is -0.0575. The highest BCUT2D eigenvalue weighted by Crippen LogP contribution is 2.22. The van der Waals surface area contributed by atoms with E-state index in [-0.39, 0.29) is 5.41 Å². The van der Waals surface area contributed by atoms with Crippen LogP contribution in [0.25, 0.3) is 0 Å². The van der Waals surface area contributed by atoms with Gasteiger partial charge in [0, 0.05) is 29.8 Å². The van der Waals surface area contributed by atoms with E-state index < -0.39 is 0 Å². The van der Waals surface area contributed by atoms with Crippen molar-refractivity contribution in [1.29, 1.82) is 0 Å². The maximum atomic E-state index is 5.84. The van der Waals surface area contributed by atoms with E-state index in [1.54, 1.807) is 23.8 Å². The van der Waals surface area contributed by atoms with E-state index in [4.69, 9.17) is 8.83 Å². The Labute approximate surface area is 170 Å². The highest BCUT2D eigenvalue weighted by atomic mass is 32.1. The lowest BCUT2D eigenvalue weighted by molar-refractivity contribution is 0.383. The van der Waals surface area contributed by atoms with Gasteiger partial charge in [0.1, 0.15) is 18.1 Å². The first kappa shape index (κ1) is 20.2. The predicted molar refractivity (Wildman–Crippen MR) is 113 cm³/mol. The van der Waals surface area contributed by atoms with Gasteiger partial charge in [-0.1, -0.05) is 26.8 Å². The number of furan rings is 1. The molecule has 0 radical (unpaired) electrons. The lowest BCUT2D eigenvalue weighted by Crippen LogP contribution is -2.39. The Morgan fingerprint density at radius 3 is 2.61 bits per heavy atom. The van der Waals surface area contributed by atoms with E-state index >= 15 is 0 Å². The minimum Gasteiger partial charge on any atom is -0.469 e. The smallest absolute Gasteiger partial charge is 0.216 e. The molecule has 0 atom stereocenters. The van der Waals surface area contributed by atoms with Crippen molar-refractivity contribution in [2.24, 2.45) is 4.99 Å². The molecule has 3 aromatic rings. The van der Waals surface area contributed by atoms with Crippen LogP contribution >= 0.6 is 11.3 Å². The summed E-state index contributed by atoms with van der Waals surface area (Å²) in [6, 6.07) is 8.10. The SMILES string of the molecule is CC(C)(C)c1cnc(CN=C(NCCc2ccco2)NCCc2cccs2)o1. The number of nitrogens with one attached hydrogen (secondary N) is 2. The van der Waals surface area contributed by atoms with Crippen LogP contribution in [0, 0.1) is 0 Å². The molecule has 0 aromatic carbocycles. The van der Waals surface area contributed by atoms with Gasteiger partial charge in [0.05, 0.1) is 12.5 Å². The van der Waals surface area contributed by atoms with Gasteiger partial charge in [-0.25, -0.2) is 9.98 Å². The number of oxazole rings is 1. The molecule has 2 N–H and O–H groups in total. The number of thiophene rings is 1. The van der Waals surface area contributed by atoms with Crippen LogP contribution in [0.3, 0.4) is 0 Å². The molecule has 28 heavy (non-hydrogen) atoms. The van der Waals surface area contributed by atoms with Crippen molar-refractivity contribution in [2.75, 3.05) is 13.1 Å². The van der Waals surface area contributed by atoms with Gasteiger partial charge >= 0.3 is 0 Å². The second-order valence-electron chi connectivity index (χ2n) is 7.55. The van der Waals surface area contributed by atoms with E-state index in [1.807, 2.05) is 12.1 Å². The van der Waals surface area contributed by atoms with E-state index in [0.29, 0.717) is 12.4 Å². The Balaban J connectivity index is 1.56. The summed E-state index contributed by atoms with van der Waals surface area (Å²) in [4.78, 5) is 10.3. The quantitative estimate of drug-likeness (QED) is 0.439. The molecule has 0 bridgehead atoms. The summed E-state index contributed by atoms with van der Waals surface area (Å²) in [6.07, 6.45) is 5.24. The van der Waals surface area contributed by atoms with E-state index in [2.05, 4.69) is 58.9 Å². The molecule has 0 saturated heterocycles. The second kappa shape index (κ2) is 9.59. The van der Waals surface area contributed by atoms with Crippen molar-refractivity contribution in [2.45, 2.75) is 45.6 Å². The molecule has 0 aliphatic rings. The molecule has 6 nitrogen and oxygen atoms in total. The summed E-state index contributed by atoms with van der Waals surface area (Å²) < 4.78 is 11.2. The van der Waals surface area contributed by atoms with Crippen LogP contribution in [0.5, 0.6) is 0 Å². The third kappa shape index (κ3) is 6.27. The van der Waals surface area contributed by atoms with Gasteiger partial charge in [-0.05, 0) is 30.0 Å². The Kier molecular flexibility index (Phi) is 6.92. The van der Waals surface area contributed by atoms with Crippen molar-refractivity contribution < 1.29 is 8.83 Å². The van der Waals surface area contributed by atoms with Crippen molar-refractivity contribution in [3.63, 3.8) is 0 Å². The summed E-state index contributed by atoms with van der Waals surface area (Å²) in [7, 11) is 0. The fourth-order valence-corrected chi connectivity index (χ4v) is 3.28. The molecule has 0 spiro atoms. The zero-order chi connectivity index (χ0) is 19.8. The first-order valence-electron chi connectivity index (χ1n) is 9.53. The van der Waals surface area contributed by atoms with E-state index in [9.17, 15) is 0 Å². The van der Waals surface area contributed by atoms with Gasteiger partial charge in [0.25, 0.3) is 0 Å². The molecule has 0 aliphatic heterocycles. The van der Waals surface area contributed by atoms with Gasteiger partial charge in [-0.15, -0.1) is 11.3 Å². The van der Waals surface area contributed by atoms with Crippen LogP contribution in [0.2, 0.25) is 0 Å².